The maximum absolute atomic E-state index is 14.5. The molecule has 0 aliphatic carbocycles. The Kier molecular flexibility index (Phi) is 9.65. The molecule has 4 aromatic rings. The molecule has 3 fully saturated rings. The van der Waals surface area contributed by atoms with E-state index in [1.807, 2.05) is 30.3 Å². The van der Waals surface area contributed by atoms with Gasteiger partial charge in [0.2, 0.25) is 5.75 Å². The van der Waals surface area contributed by atoms with E-state index in [1.54, 1.807) is 26.4 Å². The lowest BCUT2D eigenvalue weighted by molar-refractivity contribution is 0.00169. The molecule has 5 atom stereocenters. The van der Waals surface area contributed by atoms with E-state index in [1.165, 1.54) is 7.11 Å². The van der Waals surface area contributed by atoms with E-state index in [0.29, 0.717) is 41.3 Å². The predicted octanol–water partition coefficient (Wildman–Crippen LogP) is 7.72. The molecule has 8 heteroatoms. The number of rotatable bonds is 11. The van der Waals surface area contributed by atoms with Crippen LogP contribution in [0.5, 0.6) is 23.0 Å². The standard InChI is InChI=1S/C40H47N3O5/c1-8-25-23-43-19-18-27(25)20-34(43)36(42-39(44)29-15-17-35(45-5)38(47-7)37(29)46-6)31-22-33(26-12-10-9-11-13-26)41-32-16-14-28(21-30(31)32)48-24-40(2,3)4/h8-17,21-22,25,27,34,36H,1,18-20,23-24H2,2-7H3,(H,42,44)/t25?,27?,34?,36-/m0/s1. The van der Waals surface area contributed by atoms with E-state index in [0.717, 1.165) is 59.4 Å². The second-order valence-corrected chi connectivity index (χ2v) is 14.1. The summed E-state index contributed by atoms with van der Waals surface area (Å²) in [7, 11) is 4.64. The maximum Gasteiger partial charge on any atom is 0.255 e. The highest BCUT2D eigenvalue weighted by atomic mass is 16.5. The SMILES string of the molecule is C=CC1CN2CCC1CC2[C@@H](NC(=O)c1ccc(OC)c(OC)c1OC)c1cc(-c2ccccc2)nc2ccc(OCC(C)(C)C)cc12. The van der Waals surface area contributed by atoms with Crippen LogP contribution in [-0.4, -0.2) is 62.9 Å². The first-order chi connectivity index (χ1) is 23.1. The second kappa shape index (κ2) is 13.9. The van der Waals surface area contributed by atoms with E-state index < -0.39 is 0 Å². The van der Waals surface area contributed by atoms with Crippen LogP contribution in [0.3, 0.4) is 0 Å². The minimum atomic E-state index is -0.366. The molecule has 1 amide bonds. The number of ether oxygens (including phenoxy) is 4. The first kappa shape index (κ1) is 33.3. The molecule has 1 aromatic heterocycles. The van der Waals surface area contributed by atoms with Crippen LogP contribution in [0.15, 0.2) is 79.4 Å². The summed E-state index contributed by atoms with van der Waals surface area (Å²) in [5.74, 6) is 2.64. The van der Waals surface area contributed by atoms with Crippen LogP contribution < -0.4 is 24.3 Å². The number of piperidine rings is 3. The van der Waals surface area contributed by atoms with Crippen LogP contribution in [0.1, 0.15) is 55.6 Å². The van der Waals surface area contributed by atoms with E-state index in [-0.39, 0.29) is 23.4 Å². The average Bonchev–Trinajstić information content (AvgIpc) is 3.11. The van der Waals surface area contributed by atoms with Gasteiger partial charge in [0.15, 0.2) is 11.5 Å². The number of pyridine rings is 1. The molecule has 0 spiro atoms. The Hall–Kier alpha value is -4.56. The van der Waals surface area contributed by atoms with Crippen molar-refractivity contribution < 1.29 is 23.7 Å². The lowest BCUT2D eigenvalue weighted by Gasteiger charge is -2.51. The smallest absolute Gasteiger partial charge is 0.255 e. The molecule has 4 unspecified atom stereocenters. The van der Waals surface area contributed by atoms with Crippen molar-refractivity contribution in [1.82, 2.24) is 15.2 Å². The van der Waals surface area contributed by atoms with Crippen LogP contribution in [-0.2, 0) is 0 Å². The van der Waals surface area contributed by atoms with Crippen molar-refractivity contribution in [3.05, 3.63) is 90.5 Å². The Morgan fingerprint density at radius 1 is 1.02 bits per heavy atom. The molecule has 2 bridgehead atoms. The Bertz CT molecular complexity index is 1780. The van der Waals surface area contributed by atoms with Gasteiger partial charge in [0.1, 0.15) is 5.75 Å². The number of nitrogens with zero attached hydrogens (tertiary/aromatic N) is 2. The van der Waals surface area contributed by atoms with Crippen molar-refractivity contribution in [2.24, 2.45) is 17.3 Å². The third-order valence-electron chi connectivity index (χ3n) is 9.66. The highest BCUT2D eigenvalue weighted by molar-refractivity contribution is 5.99. The Balaban J connectivity index is 1.51. The lowest BCUT2D eigenvalue weighted by Crippen LogP contribution is -2.57. The second-order valence-electron chi connectivity index (χ2n) is 14.1. The third kappa shape index (κ3) is 6.72. The van der Waals surface area contributed by atoms with Gasteiger partial charge in [0.25, 0.3) is 5.91 Å². The van der Waals surface area contributed by atoms with Gasteiger partial charge in [-0.15, -0.1) is 6.58 Å². The molecule has 7 rings (SSSR count). The van der Waals surface area contributed by atoms with Gasteiger partial charge in [0, 0.05) is 23.5 Å². The summed E-state index contributed by atoms with van der Waals surface area (Å²) in [6.07, 6.45) is 4.16. The van der Waals surface area contributed by atoms with Gasteiger partial charge in [-0.3, -0.25) is 9.69 Å². The Morgan fingerprint density at radius 3 is 2.44 bits per heavy atom. The van der Waals surface area contributed by atoms with Gasteiger partial charge in [-0.1, -0.05) is 57.2 Å². The first-order valence-electron chi connectivity index (χ1n) is 16.7. The molecule has 1 N–H and O–H groups in total. The van der Waals surface area contributed by atoms with Crippen LogP contribution >= 0.6 is 0 Å². The highest BCUT2D eigenvalue weighted by Gasteiger charge is 2.43. The van der Waals surface area contributed by atoms with E-state index in [9.17, 15) is 4.79 Å². The zero-order valence-corrected chi connectivity index (χ0v) is 28.9. The number of hydrogen-bond donors (Lipinski definition) is 1. The zero-order valence-electron chi connectivity index (χ0n) is 28.9. The maximum atomic E-state index is 14.5. The number of amides is 1. The van der Waals surface area contributed by atoms with E-state index in [2.05, 4.69) is 67.9 Å². The molecule has 4 heterocycles. The molecular weight excluding hydrogens is 602 g/mol. The van der Waals surface area contributed by atoms with Gasteiger partial charge < -0.3 is 24.3 Å². The molecule has 3 saturated heterocycles. The minimum absolute atomic E-state index is 0.00149. The first-order valence-corrected chi connectivity index (χ1v) is 16.7. The van der Waals surface area contributed by atoms with Crippen molar-refractivity contribution >= 4 is 16.8 Å². The number of hydrogen-bond acceptors (Lipinski definition) is 7. The number of carbonyl (C=O) groups excluding carboxylic acids is 1. The van der Waals surface area contributed by atoms with Crippen molar-refractivity contribution in [3.63, 3.8) is 0 Å². The molecule has 48 heavy (non-hydrogen) atoms. The van der Waals surface area contributed by atoms with Crippen LogP contribution in [0, 0.1) is 17.3 Å². The number of benzene rings is 3. The Labute approximate surface area is 284 Å². The monoisotopic (exact) mass is 649 g/mol. The van der Waals surface area contributed by atoms with Gasteiger partial charge in [-0.05, 0) is 78.6 Å². The van der Waals surface area contributed by atoms with E-state index in [4.69, 9.17) is 23.9 Å². The summed E-state index contributed by atoms with van der Waals surface area (Å²) in [5, 5.41) is 4.45. The van der Waals surface area contributed by atoms with Crippen molar-refractivity contribution in [2.45, 2.75) is 45.7 Å². The largest absolute Gasteiger partial charge is 0.493 e. The summed E-state index contributed by atoms with van der Waals surface area (Å²) < 4.78 is 23.2. The predicted molar refractivity (Wildman–Crippen MR) is 190 cm³/mol. The molecule has 252 valence electrons. The van der Waals surface area contributed by atoms with Gasteiger partial charge in [-0.25, -0.2) is 4.98 Å². The fourth-order valence-corrected chi connectivity index (χ4v) is 7.24. The number of aromatic nitrogens is 1. The quantitative estimate of drug-likeness (QED) is 0.167. The summed E-state index contributed by atoms with van der Waals surface area (Å²) in [6.45, 7) is 13.1. The summed E-state index contributed by atoms with van der Waals surface area (Å²) in [6, 6.07) is 21.6. The minimum Gasteiger partial charge on any atom is -0.493 e. The Morgan fingerprint density at radius 2 is 1.79 bits per heavy atom. The van der Waals surface area contributed by atoms with Crippen LogP contribution in [0.25, 0.3) is 22.2 Å². The van der Waals surface area contributed by atoms with E-state index >= 15 is 0 Å². The van der Waals surface area contributed by atoms with Crippen molar-refractivity contribution in [3.8, 4) is 34.3 Å². The number of fused-ring (bicyclic) bond motifs is 4. The number of carbonyl (C=O) groups is 1. The molecule has 8 nitrogen and oxygen atoms in total. The topological polar surface area (TPSA) is 82.2 Å². The number of nitrogens with one attached hydrogen (secondary N) is 1. The fraction of sp³-hybridized carbons (Fsp3) is 0.400. The van der Waals surface area contributed by atoms with Crippen LogP contribution in [0.2, 0.25) is 0 Å². The van der Waals surface area contributed by atoms with Gasteiger partial charge in [0.05, 0.1) is 50.8 Å². The molecular formula is C40H47N3O5. The molecule has 3 aliphatic heterocycles. The summed E-state index contributed by atoms with van der Waals surface area (Å²) in [4.78, 5) is 22.1. The van der Waals surface area contributed by atoms with Crippen LogP contribution in [0.4, 0.5) is 0 Å². The van der Waals surface area contributed by atoms with Gasteiger partial charge >= 0.3 is 0 Å². The highest BCUT2D eigenvalue weighted by Crippen LogP contribution is 2.44. The number of methoxy groups -OCH3 is 3. The summed E-state index contributed by atoms with van der Waals surface area (Å²) >= 11 is 0. The molecule has 0 radical (unpaired) electrons. The van der Waals surface area contributed by atoms with Gasteiger partial charge in [-0.2, -0.15) is 0 Å². The summed E-state index contributed by atoms with van der Waals surface area (Å²) in [5.41, 5.74) is 4.08. The lowest BCUT2D eigenvalue weighted by atomic mass is 9.73. The molecule has 3 aromatic carbocycles. The van der Waals surface area contributed by atoms with Crippen molar-refractivity contribution in [1.29, 1.82) is 0 Å². The zero-order chi connectivity index (χ0) is 34.0. The molecule has 0 saturated carbocycles. The third-order valence-corrected chi connectivity index (χ3v) is 9.66. The molecule has 3 aliphatic rings. The van der Waals surface area contributed by atoms with Crippen molar-refractivity contribution in [2.75, 3.05) is 41.0 Å². The normalized spacial score (nSPS) is 21.0. The average molecular weight is 650 g/mol. The fourth-order valence-electron chi connectivity index (χ4n) is 7.24.